The SMILES string of the molecule is O=S(=O)(c1c(Cl)ccc(Nc2n[s+]([O-])nc2NCc2ccc(O)c(O)c2)c1O)N1CCCC1. The van der Waals surface area contributed by atoms with E-state index in [2.05, 4.69) is 19.4 Å². The van der Waals surface area contributed by atoms with E-state index in [0.29, 0.717) is 18.7 Å². The lowest BCUT2D eigenvalue weighted by Gasteiger charge is -2.19. The van der Waals surface area contributed by atoms with Gasteiger partial charge in [0.15, 0.2) is 28.4 Å². The van der Waals surface area contributed by atoms with E-state index in [9.17, 15) is 28.3 Å². The number of phenols is 3. The molecule has 1 unspecified atom stereocenters. The Kier molecular flexibility index (Phi) is 6.50. The summed E-state index contributed by atoms with van der Waals surface area (Å²) < 4.78 is 46.9. The molecule has 3 aromatic rings. The first-order valence-electron chi connectivity index (χ1n) is 9.80. The molecule has 4 rings (SSSR count). The van der Waals surface area contributed by atoms with Gasteiger partial charge in [-0.05, 0) is 42.7 Å². The first-order valence-corrected chi connectivity index (χ1v) is 12.7. The number of phenolic OH excluding ortho intramolecular Hbond substituents is 3. The summed E-state index contributed by atoms with van der Waals surface area (Å²) >= 11 is 4.20. The standard InChI is InChI=1S/C19H20ClN5O6S2/c20-12-4-5-13(16(28)17(12)33(30,31)25-7-1-2-8-25)22-19-18(23-32(29)24-19)21-10-11-3-6-14(26)15(27)9-11/h3-6,9,26-28H,1-2,7-8,10H2,(H,21,23)(H,22,24). The molecule has 0 bridgehead atoms. The van der Waals surface area contributed by atoms with E-state index in [4.69, 9.17) is 11.6 Å². The Balaban J connectivity index is 1.60. The van der Waals surface area contributed by atoms with Crippen LogP contribution in [-0.4, -0.2) is 54.4 Å². The predicted molar refractivity (Wildman–Crippen MR) is 122 cm³/mol. The number of anilines is 3. The maximum absolute atomic E-state index is 13.0. The number of hydrogen-bond acceptors (Lipinski definition) is 10. The van der Waals surface area contributed by atoms with Crippen LogP contribution in [0.4, 0.5) is 17.3 Å². The number of halogens is 1. The average molecular weight is 514 g/mol. The fraction of sp³-hybridized carbons (Fsp3) is 0.263. The minimum Gasteiger partial charge on any atom is -0.546 e. The fourth-order valence-electron chi connectivity index (χ4n) is 3.40. The van der Waals surface area contributed by atoms with E-state index >= 15 is 0 Å². The van der Waals surface area contributed by atoms with Gasteiger partial charge in [0.25, 0.3) is 0 Å². The van der Waals surface area contributed by atoms with Crippen molar-refractivity contribution in [3.63, 3.8) is 0 Å². The van der Waals surface area contributed by atoms with Crippen molar-refractivity contribution in [2.45, 2.75) is 24.3 Å². The summed E-state index contributed by atoms with van der Waals surface area (Å²) in [6.07, 6.45) is 1.45. The number of aromatic hydroxyl groups is 3. The van der Waals surface area contributed by atoms with Crippen LogP contribution in [0.2, 0.25) is 5.02 Å². The monoisotopic (exact) mass is 513 g/mol. The van der Waals surface area contributed by atoms with Gasteiger partial charge >= 0.3 is 0 Å². The van der Waals surface area contributed by atoms with Gasteiger partial charge in [-0.3, -0.25) is 0 Å². The molecule has 5 N–H and O–H groups in total. The molecule has 14 heteroatoms. The zero-order valence-electron chi connectivity index (χ0n) is 17.0. The van der Waals surface area contributed by atoms with E-state index in [0.717, 1.165) is 12.8 Å². The van der Waals surface area contributed by atoms with Crippen molar-refractivity contribution in [3.8, 4) is 17.2 Å². The number of aromatic nitrogens is 2. The van der Waals surface area contributed by atoms with Gasteiger partial charge in [0.1, 0.15) is 4.90 Å². The third kappa shape index (κ3) is 4.77. The van der Waals surface area contributed by atoms with Crippen LogP contribution in [-0.2, 0) is 16.6 Å². The molecule has 1 fully saturated rings. The molecule has 176 valence electrons. The van der Waals surface area contributed by atoms with Gasteiger partial charge in [0.2, 0.25) is 21.7 Å². The molecule has 2 heterocycles. The maximum Gasteiger partial charge on any atom is 0.248 e. The Morgan fingerprint density at radius 3 is 2.45 bits per heavy atom. The Bertz CT molecular complexity index is 1290. The first kappa shape index (κ1) is 23.3. The second-order valence-corrected chi connectivity index (χ2v) is 10.4. The summed E-state index contributed by atoms with van der Waals surface area (Å²) in [5.41, 5.74) is 0.588. The number of nitrogens with one attached hydrogen (secondary N) is 2. The predicted octanol–water partition coefficient (Wildman–Crippen LogP) is 3.11. The molecule has 1 aliphatic rings. The summed E-state index contributed by atoms with van der Waals surface area (Å²) in [7, 11) is -4.01. The molecule has 2 aromatic carbocycles. The van der Waals surface area contributed by atoms with Crippen molar-refractivity contribution in [2.24, 2.45) is 0 Å². The molecule has 1 atom stereocenters. The molecule has 0 amide bonds. The summed E-state index contributed by atoms with van der Waals surface area (Å²) in [6, 6.07) is 6.95. The highest BCUT2D eigenvalue weighted by Crippen LogP contribution is 2.41. The molecule has 0 spiro atoms. The van der Waals surface area contributed by atoms with Gasteiger partial charge in [-0.15, -0.1) is 0 Å². The van der Waals surface area contributed by atoms with Gasteiger partial charge in [0.05, 0.1) is 10.7 Å². The van der Waals surface area contributed by atoms with Crippen molar-refractivity contribution in [2.75, 3.05) is 23.7 Å². The second-order valence-electron chi connectivity index (χ2n) is 7.30. The van der Waals surface area contributed by atoms with Gasteiger partial charge in [-0.2, -0.15) is 4.31 Å². The van der Waals surface area contributed by atoms with Crippen LogP contribution in [0, 0.1) is 0 Å². The van der Waals surface area contributed by atoms with Gasteiger partial charge in [-0.25, -0.2) is 8.42 Å². The molecular weight excluding hydrogens is 494 g/mol. The maximum atomic E-state index is 13.0. The second kappa shape index (κ2) is 9.19. The molecule has 0 saturated carbocycles. The molecule has 1 aliphatic heterocycles. The zero-order chi connectivity index (χ0) is 23.8. The molecule has 1 saturated heterocycles. The first-order chi connectivity index (χ1) is 15.7. The fourth-order valence-corrected chi connectivity index (χ4v) is 6.15. The van der Waals surface area contributed by atoms with Crippen LogP contribution in [0.25, 0.3) is 0 Å². The summed E-state index contributed by atoms with van der Waals surface area (Å²) in [5.74, 6) is -1.04. The highest BCUT2D eigenvalue weighted by molar-refractivity contribution is 7.89. The van der Waals surface area contributed by atoms with E-state index in [1.807, 2.05) is 0 Å². The molecular formula is C19H20ClN5O6S2. The summed E-state index contributed by atoms with van der Waals surface area (Å²) in [5, 5.41) is 35.3. The third-order valence-electron chi connectivity index (χ3n) is 5.06. The molecule has 11 nitrogen and oxygen atoms in total. The lowest BCUT2D eigenvalue weighted by Crippen LogP contribution is -2.28. The van der Waals surface area contributed by atoms with Crippen molar-refractivity contribution >= 4 is 50.1 Å². The van der Waals surface area contributed by atoms with Crippen LogP contribution in [0.1, 0.15) is 18.4 Å². The van der Waals surface area contributed by atoms with Crippen LogP contribution >= 0.6 is 22.7 Å². The molecule has 0 aliphatic carbocycles. The van der Waals surface area contributed by atoms with Crippen molar-refractivity contribution in [1.29, 1.82) is 0 Å². The highest BCUT2D eigenvalue weighted by Gasteiger charge is 2.33. The van der Waals surface area contributed by atoms with Gasteiger partial charge in [-0.1, -0.05) is 17.7 Å². The van der Waals surface area contributed by atoms with Crippen molar-refractivity contribution < 1.29 is 28.3 Å². The van der Waals surface area contributed by atoms with Gasteiger partial charge in [0, 0.05) is 28.4 Å². The molecule has 0 radical (unpaired) electrons. The Hall–Kier alpha value is -2.84. The van der Waals surface area contributed by atoms with E-state index in [1.165, 1.54) is 28.6 Å². The van der Waals surface area contributed by atoms with Crippen LogP contribution in [0.5, 0.6) is 17.2 Å². The highest BCUT2D eigenvalue weighted by atomic mass is 35.5. The third-order valence-corrected chi connectivity index (χ3v) is 8.14. The van der Waals surface area contributed by atoms with Gasteiger partial charge < -0.3 is 30.5 Å². The van der Waals surface area contributed by atoms with Crippen molar-refractivity contribution in [1.82, 2.24) is 13.1 Å². The molecule has 33 heavy (non-hydrogen) atoms. The summed E-state index contributed by atoms with van der Waals surface area (Å²) in [4.78, 5) is -0.415. The number of benzene rings is 2. The summed E-state index contributed by atoms with van der Waals surface area (Å²) in [6.45, 7) is 0.829. The van der Waals surface area contributed by atoms with E-state index in [1.54, 1.807) is 6.07 Å². The number of rotatable bonds is 7. The number of nitrogens with zero attached hydrogens (tertiary/aromatic N) is 3. The Labute approximate surface area is 197 Å². The number of hydrogen-bond donors (Lipinski definition) is 5. The van der Waals surface area contributed by atoms with E-state index in [-0.39, 0.29) is 40.4 Å². The van der Waals surface area contributed by atoms with Crippen LogP contribution in [0.15, 0.2) is 35.2 Å². The average Bonchev–Trinajstić information content (AvgIpc) is 3.41. The Morgan fingerprint density at radius 2 is 1.76 bits per heavy atom. The lowest BCUT2D eigenvalue weighted by molar-refractivity contribution is 0.403. The Morgan fingerprint density at radius 1 is 1.06 bits per heavy atom. The molecule has 1 aromatic heterocycles. The smallest absolute Gasteiger partial charge is 0.248 e. The zero-order valence-corrected chi connectivity index (χ0v) is 19.4. The lowest BCUT2D eigenvalue weighted by atomic mass is 10.2. The van der Waals surface area contributed by atoms with Crippen LogP contribution in [0.3, 0.4) is 0 Å². The minimum absolute atomic E-state index is 0.00778. The largest absolute Gasteiger partial charge is 0.546 e. The normalized spacial score (nSPS) is 15.0. The minimum atomic E-state index is -4.01. The van der Waals surface area contributed by atoms with E-state index < -0.39 is 31.8 Å². The number of sulfonamides is 1. The topological polar surface area (TPSA) is 171 Å². The van der Waals surface area contributed by atoms with Crippen molar-refractivity contribution in [3.05, 3.63) is 40.9 Å². The quantitative estimate of drug-likeness (QED) is 0.233. The van der Waals surface area contributed by atoms with Crippen LogP contribution < -0.4 is 10.6 Å².